The van der Waals surface area contributed by atoms with E-state index in [1.54, 1.807) is 49.9 Å². The van der Waals surface area contributed by atoms with Crippen molar-refractivity contribution >= 4 is 10.0 Å². The molecule has 0 amide bonds. The summed E-state index contributed by atoms with van der Waals surface area (Å²) in [5, 5.41) is 9.82. The number of sulfonamides is 1. The molecule has 10 heteroatoms. The highest BCUT2D eigenvalue weighted by atomic mass is 32.2. The van der Waals surface area contributed by atoms with Gasteiger partial charge in [0.15, 0.2) is 0 Å². The molecule has 0 aliphatic carbocycles. The summed E-state index contributed by atoms with van der Waals surface area (Å²) >= 11 is 0. The number of pyridine rings is 1. The predicted molar refractivity (Wildman–Crippen MR) is 132 cm³/mol. The average Bonchev–Trinajstić information content (AvgIpc) is 2.86. The summed E-state index contributed by atoms with van der Waals surface area (Å²) in [6.07, 6.45) is 8.18. The number of aromatic nitrogens is 3. The Labute approximate surface area is 206 Å². The van der Waals surface area contributed by atoms with Crippen LogP contribution in [0.15, 0.2) is 66.3 Å². The summed E-state index contributed by atoms with van der Waals surface area (Å²) in [5.74, 6) is 0.165. The number of aliphatic hydroxyl groups is 1. The van der Waals surface area contributed by atoms with Crippen molar-refractivity contribution in [1.82, 2.24) is 24.2 Å². The van der Waals surface area contributed by atoms with Gasteiger partial charge in [0, 0.05) is 67.5 Å². The predicted octanol–water partition coefficient (Wildman–Crippen LogP) is 2.44. The Morgan fingerprint density at radius 1 is 1.17 bits per heavy atom. The van der Waals surface area contributed by atoms with Crippen LogP contribution in [0.1, 0.15) is 19.4 Å². The molecule has 1 N–H and O–H groups in total. The molecule has 1 aliphatic heterocycles. The quantitative estimate of drug-likeness (QED) is 0.530. The lowest BCUT2D eigenvalue weighted by Gasteiger charge is -2.37. The third kappa shape index (κ3) is 5.67. The molecule has 9 nitrogen and oxygen atoms in total. The number of likely N-dealkylation sites (N-methyl/N-ethyl adjacent to an activating group) is 1. The molecule has 2 aromatic heterocycles. The van der Waals surface area contributed by atoms with Gasteiger partial charge in [-0.1, -0.05) is 19.1 Å². The largest absolute Gasteiger partial charge is 0.487 e. The van der Waals surface area contributed by atoms with E-state index in [0.29, 0.717) is 18.8 Å². The van der Waals surface area contributed by atoms with Gasteiger partial charge in [-0.2, -0.15) is 4.31 Å². The lowest BCUT2D eigenvalue weighted by Crippen LogP contribution is -2.49. The maximum absolute atomic E-state index is 13.6. The number of benzene rings is 1. The molecule has 0 saturated carbocycles. The van der Waals surface area contributed by atoms with Crippen LogP contribution < -0.4 is 4.74 Å². The van der Waals surface area contributed by atoms with Gasteiger partial charge in [-0.05, 0) is 37.7 Å². The Hall–Kier alpha value is -2.92. The molecule has 1 aromatic carbocycles. The zero-order valence-electron chi connectivity index (χ0n) is 20.2. The first-order valence-electron chi connectivity index (χ1n) is 11.6. The Kier molecular flexibility index (Phi) is 7.75. The van der Waals surface area contributed by atoms with Gasteiger partial charge in [-0.3, -0.25) is 9.88 Å². The van der Waals surface area contributed by atoms with E-state index in [1.807, 2.05) is 26.1 Å². The third-order valence-electron chi connectivity index (χ3n) is 6.22. The summed E-state index contributed by atoms with van der Waals surface area (Å²) in [6, 6.07) is 8.30. The normalized spacial score (nSPS) is 20.9. The van der Waals surface area contributed by atoms with Gasteiger partial charge in [-0.25, -0.2) is 18.4 Å². The smallest absolute Gasteiger partial charge is 0.247 e. The molecule has 35 heavy (non-hydrogen) atoms. The standard InChI is InChI=1S/C25H31N5O4S/c1-18-13-30(19(2)16-31)35(32,33)25-7-6-21(22-5-4-8-26-12-22)9-23(25)34-24(18)15-29(3)14-20-10-27-17-28-11-20/h4-12,17-19,24,31H,13-16H2,1-3H3/t18-,19+,24-/m0/s1. The fourth-order valence-corrected chi connectivity index (χ4v) is 6.08. The number of fused-ring (bicyclic) bond motifs is 1. The molecule has 0 radical (unpaired) electrons. The summed E-state index contributed by atoms with van der Waals surface area (Å²) in [4.78, 5) is 14.5. The maximum Gasteiger partial charge on any atom is 0.247 e. The molecular formula is C25H31N5O4S. The molecule has 0 spiro atoms. The van der Waals surface area contributed by atoms with Gasteiger partial charge in [-0.15, -0.1) is 0 Å². The van der Waals surface area contributed by atoms with Crippen LogP contribution in [0.2, 0.25) is 0 Å². The number of hydrogen-bond acceptors (Lipinski definition) is 8. The molecule has 3 heterocycles. The lowest BCUT2D eigenvalue weighted by atomic mass is 10.0. The van der Waals surface area contributed by atoms with Crippen molar-refractivity contribution < 1.29 is 18.3 Å². The van der Waals surface area contributed by atoms with E-state index in [2.05, 4.69) is 19.9 Å². The highest BCUT2D eigenvalue weighted by molar-refractivity contribution is 7.89. The van der Waals surface area contributed by atoms with Gasteiger partial charge in [0.1, 0.15) is 23.1 Å². The van der Waals surface area contributed by atoms with Crippen LogP contribution in [0, 0.1) is 5.92 Å². The van der Waals surface area contributed by atoms with E-state index in [9.17, 15) is 13.5 Å². The number of rotatable bonds is 7. The molecule has 4 rings (SSSR count). The van der Waals surface area contributed by atoms with Gasteiger partial charge < -0.3 is 9.84 Å². The van der Waals surface area contributed by atoms with E-state index in [1.165, 1.54) is 10.6 Å². The van der Waals surface area contributed by atoms with Crippen LogP contribution in [0.4, 0.5) is 0 Å². The minimum absolute atomic E-state index is 0.0986. The SMILES string of the molecule is C[C@H](CO)N1C[C@H](C)[C@H](CN(C)Cc2cncnc2)Oc2cc(-c3cccnc3)ccc2S1(=O)=O. The van der Waals surface area contributed by atoms with Gasteiger partial charge >= 0.3 is 0 Å². The molecular weight excluding hydrogens is 466 g/mol. The second-order valence-electron chi connectivity index (χ2n) is 9.09. The molecule has 0 bridgehead atoms. The maximum atomic E-state index is 13.6. The molecule has 1 aliphatic rings. The van der Waals surface area contributed by atoms with E-state index in [4.69, 9.17) is 4.74 Å². The second-order valence-corrected chi connectivity index (χ2v) is 10.9. The van der Waals surface area contributed by atoms with Crippen molar-refractivity contribution in [1.29, 1.82) is 0 Å². The van der Waals surface area contributed by atoms with Crippen LogP contribution in [0.5, 0.6) is 5.75 Å². The van der Waals surface area contributed by atoms with E-state index < -0.39 is 16.1 Å². The summed E-state index contributed by atoms with van der Waals surface area (Å²) < 4.78 is 35.1. The minimum Gasteiger partial charge on any atom is -0.487 e. The number of nitrogens with zero attached hydrogens (tertiary/aromatic N) is 5. The first-order valence-corrected chi connectivity index (χ1v) is 13.0. The summed E-state index contributed by atoms with van der Waals surface area (Å²) in [6.45, 7) is 4.86. The molecule has 3 atom stereocenters. The van der Waals surface area contributed by atoms with Gasteiger partial charge in [0.25, 0.3) is 0 Å². The van der Waals surface area contributed by atoms with Crippen LogP contribution in [0.25, 0.3) is 11.1 Å². The number of hydrogen-bond donors (Lipinski definition) is 1. The van der Waals surface area contributed by atoms with Crippen molar-refractivity contribution in [3.8, 4) is 16.9 Å². The molecule has 3 aromatic rings. The highest BCUT2D eigenvalue weighted by Crippen LogP contribution is 2.36. The Balaban J connectivity index is 1.72. The fourth-order valence-electron chi connectivity index (χ4n) is 4.25. The summed E-state index contributed by atoms with van der Waals surface area (Å²) in [5.41, 5.74) is 2.66. The van der Waals surface area contributed by atoms with Crippen molar-refractivity contribution in [3.05, 3.63) is 67.0 Å². The van der Waals surface area contributed by atoms with E-state index in [0.717, 1.165) is 16.7 Å². The molecule has 0 fully saturated rings. The van der Waals surface area contributed by atoms with Crippen molar-refractivity contribution in [2.24, 2.45) is 5.92 Å². The Bertz CT molecular complexity index is 1230. The monoisotopic (exact) mass is 497 g/mol. The third-order valence-corrected chi connectivity index (χ3v) is 8.24. The first-order chi connectivity index (χ1) is 16.8. The zero-order chi connectivity index (χ0) is 25.0. The fraction of sp³-hybridized carbons (Fsp3) is 0.400. The Morgan fingerprint density at radius 2 is 1.94 bits per heavy atom. The van der Waals surface area contributed by atoms with Crippen molar-refractivity contribution in [3.63, 3.8) is 0 Å². The topological polar surface area (TPSA) is 109 Å². The number of aliphatic hydroxyl groups excluding tert-OH is 1. The van der Waals surface area contributed by atoms with Gasteiger partial charge in [0.05, 0.1) is 6.61 Å². The van der Waals surface area contributed by atoms with Crippen molar-refractivity contribution in [2.75, 3.05) is 26.7 Å². The summed E-state index contributed by atoms with van der Waals surface area (Å²) in [7, 11) is -1.90. The van der Waals surface area contributed by atoms with Gasteiger partial charge in [0.2, 0.25) is 10.0 Å². The zero-order valence-corrected chi connectivity index (χ0v) is 21.0. The number of ether oxygens (including phenoxy) is 1. The second kappa shape index (κ2) is 10.8. The van der Waals surface area contributed by atoms with E-state index in [-0.39, 0.29) is 30.1 Å². The highest BCUT2D eigenvalue weighted by Gasteiger charge is 2.38. The first kappa shape index (κ1) is 25.2. The van der Waals surface area contributed by atoms with E-state index >= 15 is 0 Å². The van der Waals surface area contributed by atoms with Crippen LogP contribution >= 0.6 is 0 Å². The Morgan fingerprint density at radius 3 is 2.63 bits per heavy atom. The molecule has 0 saturated heterocycles. The lowest BCUT2D eigenvalue weighted by molar-refractivity contribution is 0.0733. The van der Waals surface area contributed by atoms with Crippen LogP contribution in [-0.2, 0) is 16.6 Å². The van der Waals surface area contributed by atoms with Crippen LogP contribution in [0.3, 0.4) is 0 Å². The average molecular weight is 498 g/mol. The molecule has 186 valence electrons. The minimum atomic E-state index is -3.88. The molecule has 0 unspecified atom stereocenters. The van der Waals surface area contributed by atoms with Crippen molar-refractivity contribution in [2.45, 2.75) is 37.4 Å². The van der Waals surface area contributed by atoms with Crippen LogP contribution in [-0.4, -0.2) is 76.6 Å².